The average molecular weight is 467 g/mol. The van der Waals surface area contributed by atoms with Crippen LogP contribution in [0.25, 0.3) is 12.2 Å². The van der Waals surface area contributed by atoms with Gasteiger partial charge in [0.05, 0.1) is 15.4 Å². The summed E-state index contributed by atoms with van der Waals surface area (Å²) in [4.78, 5) is 48.7. The number of ether oxygens (including phenoxy) is 2. The van der Waals surface area contributed by atoms with Gasteiger partial charge in [0.2, 0.25) is 12.7 Å². The Morgan fingerprint density at radius 3 is 2.79 bits per heavy atom. The molecule has 1 fully saturated rings. The Bertz CT molecular complexity index is 1210. The van der Waals surface area contributed by atoms with Gasteiger partial charge in [0.25, 0.3) is 16.8 Å². The summed E-state index contributed by atoms with van der Waals surface area (Å²) in [5.74, 6) is 0.231. The molecular formula is C22H17N3O7S. The minimum absolute atomic E-state index is 0.00574. The molecule has 168 valence electrons. The number of amides is 3. The zero-order chi connectivity index (χ0) is 23.4. The molecule has 2 aromatic rings. The Morgan fingerprint density at radius 2 is 1.97 bits per heavy atom. The van der Waals surface area contributed by atoms with Crippen molar-refractivity contribution in [2.45, 2.75) is 0 Å². The maximum absolute atomic E-state index is 12.6. The molecule has 0 aromatic heterocycles. The van der Waals surface area contributed by atoms with E-state index in [0.717, 1.165) is 22.7 Å². The minimum atomic E-state index is -0.533. The number of nitrogens with one attached hydrogen (secondary N) is 1. The monoisotopic (exact) mass is 467 g/mol. The van der Waals surface area contributed by atoms with E-state index in [-0.39, 0.29) is 36.0 Å². The highest BCUT2D eigenvalue weighted by molar-refractivity contribution is 8.18. The van der Waals surface area contributed by atoms with E-state index in [2.05, 4.69) is 5.32 Å². The van der Waals surface area contributed by atoms with Gasteiger partial charge in [-0.1, -0.05) is 18.2 Å². The Hall–Kier alpha value is -4.12. The predicted molar refractivity (Wildman–Crippen MR) is 120 cm³/mol. The molecule has 11 heteroatoms. The van der Waals surface area contributed by atoms with Crippen LogP contribution in [0.3, 0.4) is 0 Å². The molecule has 0 atom stereocenters. The minimum Gasteiger partial charge on any atom is -0.454 e. The van der Waals surface area contributed by atoms with Crippen LogP contribution in [0.1, 0.15) is 11.1 Å². The van der Waals surface area contributed by atoms with Gasteiger partial charge in [-0.15, -0.1) is 0 Å². The van der Waals surface area contributed by atoms with Crippen molar-refractivity contribution in [1.29, 1.82) is 0 Å². The van der Waals surface area contributed by atoms with E-state index >= 15 is 0 Å². The molecule has 1 N–H and O–H groups in total. The quantitative estimate of drug-likeness (QED) is 0.374. The molecule has 10 nitrogen and oxygen atoms in total. The summed E-state index contributed by atoms with van der Waals surface area (Å²) < 4.78 is 10.6. The van der Waals surface area contributed by atoms with E-state index in [1.165, 1.54) is 24.3 Å². The molecule has 0 bridgehead atoms. The number of carbonyl (C=O) groups is 3. The van der Waals surface area contributed by atoms with Gasteiger partial charge in [0, 0.05) is 25.2 Å². The number of thioether (sulfide) groups is 1. The molecule has 2 heterocycles. The van der Waals surface area contributed by atoms with Gasteiger partial charge in [-0.3, -0.25) is 29.4 Å². The third-order valence-corrected chi connectivity index (χ3v) is 5.66. The number of hydrogen-bond donors (Lipinski definition) is 1. The van der Waals surface area contributed by atoms with Crippen LogP contribution in [0, 0.1) is 10.1 Å². The summed E-state index contributed by atoms with van der Waals surface area (Å²) in [6.07, 6.45) is 4.10. The molecule has 3 amide bonds. The van der Waals surface area contributed by atoms with Gasteiger partial charge < -0.3 is 14.8 Å². The van der Waals surface area contributed by atoms with Crippen molar-refractivity contribution in [1.82, 2.24) is 10.2 Å². The van der Waals surface area contributed by atoms with Crippen LogP contribution >= 0.6 is 11.8 Å². The van der Waals surface area contributed by atoms with Crippen molar-refractivity contribution in [2.75, 3.05) is 19.9 Å². The normalized spacial score (nSPS) is 16.1. The number of para-hydroxylation sites is 1. The zero-order valence-electron chi connectivity index (χ0n) is 17.1. The van der Waals surface area contributed by atoms with E-state index in [1.54, 1.807) is 30.3 Å². The lowest BCUT2D eigenvalue weighted by Crippen LogP contribution is -2.36. The number of hydrogen-bond acceptors (Lipinski definition) is 8. The fourth-order valence-electron chi connectivity index (χ4n) is 3.16. The van der Waals surface area contributed by atoms with Crippen molar-refractivity contribution in [3.63, 3.8) is 0 Å². The smallest absolute Gasteiger partial charge is 0.293 e. The lowest BCUT2D eigenvalue weighted by Gasteiger charge is -2.12. The lowest BCUT2D eigenvalue weighted by atomic mass is 10.1. The zero-order valence-corrected chi connectivity index (χ0v) is 17.9. The highest BCUT2D eigenvalue weighted by atomic mass is 32.2. The van der Waals surface area contributed by atoms with Crippen LogP contribution in [0.4, 0.5) is 10.5 Å². The summed E-state index contributed by atoms with van der Waals surface area (Å²) in [5, 5.41) is 13.1. The molecule has 2 aromatic carbocycles. The topological polar surface area (TPSA) is 128 Å². The van der Waals surface area contributed by atoms with E-state index in [9.17, 15) is 24.5 Å². The second kappa shape index (κ2) is 9.57. The summed E-state index contributed by atoms with van der Waals surface area (Å²) >= 11 is 0.817. The largest absolute Gasteiger partial charge is 0.454 e. The highest BCUT2D eigenvalue weighted by Gasteiger charge is 2.34. The molecule has 0 radical (unpaired) electrons. The standard InChI is InChI=1S/C22H17N3O7S/c26-20(8-6-15-3-1-2-4-16(15)25(29)30)23-9-10-24-21(27)19(33-22(24)28)12-14-5-7-17-18(11-14)32-13-31-17/h1-8,11-12H,9-10,13H2,(H,23,26)/b8-6+,19-12-. The fourth-order valence-corrected chi connectivity index (χ4v) is 4.02. The first-order chi connectivity index (χ1) is 15.9. The SMILES string of the molecule is O=C(/C=C/c1ccccc1[N+](=O)[O-])NCCN1C(=O)S/C(=C\c2ccc3c(c2)OCO3)C1=O. The first kappa shape index (κ1) is 22.1. The molecule has 2 aliphatic heterocycles. The van der Waals surface area contributed by atoms with Gasteiger partial charge >= 0.3 is 0 Å². The van der Waals surface area contributed by atoms with Crippen molar-refractivity contribution < 1.29 is 28.8 Å². The summed E-state index contributed by atoms with van der Waals surface area (Å²) in [6, 6.07) is 11.2. The van der Waals surface area contributed by atoms with Crippen LogP contribution in [-0.2, 0) is 9.59 Å². The fraction of sp³-hybridized carbons (Fsp3) is 0.136. The van der Waals surface area contributed by atoms with Crippen LogP contribution in [-0.4, -0.2) is 46.8 Å². The average Bonchev–Trinajstić information content (AvgIpc) is 3.37. The van der Waals surface area contributed by atoms with E-state index in [1.807, 2.05) is 0 Å². The molecule has 0 saturated carbocycles. The molecular weight excluding hydrogens is 450 g/mol. The number of fused-ring (bicyclic) bond motifs is 1. The summed E-state index contributed by atoms with van der Waals surface area (Å²) in [6.45, 7) is 0.169. The maximum atomic E-state index is 12.6. The highest BCUT2D eigenvalue weighted by Crippen LogP contribution is 2.36. The Labute approximate surface area is 192 Å². The third kappa shape index (κ3) is 5.04. The predicted octanol–water partition coefficient (Wildman–Crippen LogP) is 3.19. The number of imide groups is 1. The van der Waals surface area contributed by atoms with Crippen molar-refractivity contribution in [3.8, 4) is 11.5 Å². The van der Waals surface area contributed by atoms with Crippen LogP contribution < -0.4 is 14.8 Å². The number of rotatable bonds is 7. The number of nitrogens with zero attached hydrogens (tertiary/aromatic N) is 2. The lowest BCUT2D eigenvalue weighted by molar-refractivity contribution is -0.385. The van der Waals surface area contributed by atoms with Crippen molar-refractivity contribution >= 4 is 46.7 Å². The van der Waals surface area contributed by atoms with Gasteiger partial charge in [-0.2, -0.15) is 0 Å². The Kier molecular flexibility index (Phi) is 6.41. The van der Waals surface area contributed by atoms with Crippen molar-refractivity contribution in [2.24, 2.45) is 0 Å². The molecule has 33 heavy (non-hydrogen) atoms. The molecule has 0 aliphatic carbocycles. The van der Waals surface area contributed by atoms with Gasteiger partial charge in [0.1, 0.15) is 0 Å². The number of nitro benzene ring substituents is 1. The Balaban J connectivity index is 1.32. The van der Waals surface area contributed by atoms with Crippen molar-refractivity contribution in [3.05, 3.63) is 74.7 Å². The number of carbonyl (C=O) groups excluding carboxylic acids is 3. The molecule has 0 unspecified atom stereocenters. The number of nitro groups is 1. The molecule has 2 aliphatic rings. The van der Waals surface area contributed by atoms with Crippen LogP contribution in [0.15, 0.2) is 53.4 Å². The molecule has 0 spiro atoms. The Morgan fingerprint density at radius 1 is 1.18 bits per heavy atom. The summed E-state index contributed by atoms with van der Waals surface area (Å²) in [7, 11) is 0. The summed E-state index contributed by atoms with van der Waals surface area (Å²) in [5.41, 5.74) is 0.865. The third-order valence-electron chi connectivity index (χ3n) is 4.75. The van der Waals surface area contributed by atoms with E-state index in [0.29, 0.717) is 17.1 Å². The van der Waals surface area contributed by atoms with E-state index in [4.69, 9.17) is 9.47 Å². The second-order valence-corrected chi connectivity index (χ2v) is 7.88. The molecule has 4 rings (SSSR count). The second-order valence-electron chi connectivity index (χ2n) is 6.89. The van der Waals surface area contributed by atoms with Gasteiger partial charge in [0.15, 0.2) is 11.5 Å². The first-order valence-electron chi connectivity index (χ1n) is 9.77. The van der Waals surface area contributed by atoms with Crippen LogP contribution in [0.2, 0.25) is 0 Å². The molecule has 1 saturated heterocycles. The van der Waals surface area contributed by atoms with E-state index < -0.39 is 22.0 Å². The van der Waals surface area contributed by atoms with Gasteiger partial charge in [-0.25, -0.2) is 0 Å². The van der Waals surface area contributed by atoms with Gasteiger partial charge in [-0.05, 0) is 47.7 Å². The number of benzene rings is 2. The first-order valence-corrected chi connectivity index (χ1v) is 10.6. The van der Waals surface area contributed by atoms with Crippen LogP contribution in [0.5, 0.6) is 11.5 Å². The maximum Gasteiger partial charge on any atom is 0.293 e.